The van der Waals surface area contributed by atoms with Gasteiger partial charge in [0.25, 0.3) is 0 Å². The third-order valence-corrected chi connectivity index (χ3v) is 4.63. The zero-order valence-corrected chi connectivity index (χ0v) is 13.7. The zero-order valence-electron chi connectivity index (χ0n) is 12.1. The van der Waals surface area contributed by atoms with E-state index in [0.29, 0.717) is 0 Å². The van der Waals surface area contributed by atoms with Crippen LogP contribution < -0.4 is 0 Å². The maximum absolute atomic E-state index is 5.49. The van der Waals surface area contributed by atoms with Gasteiger partial charge in [-0.3, -0.25) is 0 Å². The summed E-state index contributed by atoms with van der Waals surface area (Å²) in [5.74, 6) is 0. The Morgan fingerprint density at radius 2 is 2.15 bits per heavy atom. The SMILES string of the molecule is CCCC(N(CC)C(=S)SC)n1nnc2ccccc21. The van der Waals surface area contributed by atoms with E-state index in [1.165, 1.54) is 0 Å². The van der Waals surface area contributed by atoms with Crippen LogP contribution in [0.5, 0.6) is 0 Å². The van der Waals surface area contributed by atoms with Crippen molar-refractivity contribution in [2.45, 2.75) is 32.9 Å². The van der Waals surface area contributed by atoms with E-state index in [-0.39, 0.29) is 6.17 Å². The number of rotatable bonds is 5. The predicted octanol–water partition coefficient (Wildman–Crippen LogP) is 3.70. The summed E-state index contributed by atoms with van der Waals surface area (Å²) >= 11 is 7.10. The van der Waals surface area contributed by atoms with Gasteiger partial charge in [-0.25, -0.2) is 4.68 Å². The molecule has 0 saturated carbocycles. The maximum atomic E-state index is 5.49. The number of nitrogens with zero attached hydrogens (tertiary/aromatic N) is 4. The predicted molar refractivity (Wildman–Crippen MR) is 90.0 cm³/mol. The van der Waals surface area contributed by atoms with Gasteiger partial charge in [0.1, 0.15) is 16.0 Å². The summed E-state index contributed by atoms with van der Waals surface area (Å²) in [6, 6.07) is 8.06. The molecule has 1 aromatic carbocycles. The Kier molecular flexibility index (Phi) is 5.37. The number of benzene rings is 1. The minimum atomic E-state index is 0.136. The van der Waals surface area contributed by atoms with E-state index in [1.807, 2.05) is 29.1 Å². The lowest BCUT2D eigenvalue weighted by Gasteiger charge is -2.32. The lowest BCUT2D eigenvalue weighted by atomic mass is 10.2. The van der Waals surface area contributed by atoms with Gasteiger partial charge >= 0.3 is 0 Å². The van der Waals surface area contributed by atoms with Crippen molar-refractivity contribution in [2.24, 2.45) is 0 Å². The summed E-state index contributed by atoms with van der Waals surface area (Å²) in [6.45, 7) is 5.19. The maximum Gasteiger partial charge on any atom is 0.137 e. The van der Waals surface area contributed by atoms with Crippen molar-refractivity contribution >= 4 is 39.3 Å². The normalized spacial score (nSPS) is 12.6. The van der Waals surface area contributed by atoms with Crippen LogP contribution in [0.15, 0.2) is 24.3 Å². The van der Waals surface area contributed by atoms with E-state index < -0.39 is 0 Å². The molecule has 4 nitrogen and oxygen atoms in total. The highest BCUT2D eigenvalue weighted by atomic mass is 32.2. The van der Waals surface area contributed by atoms with E-state index >= 15 is 0 Å². The molecule has 2 aromatic rings. The highest BCUT2D eigenvalue weighted by molar-refractivity contribution is 8.22. The molecule has 108 valence electrons. The summed E-state index contributed by atoms with van der Waals surface area (Å²) in [4.78, 5) is 2.23. The van der Waals surface area contributed by atoms with Gasteiger partial charge in [0.15, 0.2) is 0 Å². The molecular formula is C14H20N4S2. The average molecular weight is 308 g/mol. The summed E-state index contributed by atoms with van der Waals surface area (Å²) in [6.07, 6.45) is 4.24. The highest BCUT2D eigenvalue weighted by Crippen LogP contribution is 2.25. The highest BCUT2D eigenvalue weighted by Gasteiger charge is 2.23. The first-order valence-electron chi connectivity index (χ1n) is 6.87. The minimum absolute atomic E-state index is 0.136. The lowest BCUT2D eigenvalue weighted by molar-refractivity contribution is 0.219. The van der Waals surface area contributed by atoms with Crippen LogP contribution in [-0.4, -0.2) is 37.0 Å². The fourth-order valence-corrected chi connectivity index (χ4v) is 3.09. The molecule has 2 rings (SSSR count). The second-order valence-electron chi connectivity index (χ2n) is 4.55. The van der Waals surface area contributed by atoms with Crippen LogP contribution >= 0.6 is 24.0 Å². The van der Waals surface area contributed by atoms with E-state index in [1.54, 1.807) is 11.8 Å². The number of fused-ring (bicyclic) bond motifs is 1. The molecule has 20 heavy (non-hydrogen) atoms. The number of aromatic nitrogens is 3. The van der Waals surface area contributed by atoms with Crippen LogP contribution in [-0.2, 0) is 0 Å². The van der Waals surface area contributed by atoms with Gasteiger partial charge in [-0.05, 0) is 31.7 Å². The molecule has 0 bridgehead atoms. The third kappa shape index (κ3) is 2.96. The first-order valence-corrected chi connectivity index (χ1v) is 8.50. The van der Waals surface area contributed by atoms with Crippen molar-refractivity contribution in [1.29, 1.82) is 0 Å². The standard InChI is InChI=1S/C14H20N4S2/c1-4-8-13(17(5-2)14(19)20-3)18-12-10-7-6-9-11(12)15-16-18/h6-7,9-10,13H,4-5,8H2,1-3H3. The Morgan fingerprint density at radius 3 is 2.80 bits per heavy atom. The van der Waals surface area contributed by atoms with Gasteiger partial charge < -0.3 is 4.90 Å². The van der Waals surface area contributed by atoms with Crippen molar-refractivity contribution in [3.8, 4) is 0 Å². The van der Waals surface area contributed by atoms with E-state index in [9.17, 15) is 0 Å². The smallest absolute Gasteiger partial charge is 0.137 e. The molecule has 1 heterocycles. The van der Waals surface area contributed by atoms with Crippen molar-refractivity contribution in [2.75, 3.05) is 12.8 Å². The van der Waals surface area contributed by atoms with Gasteiger partial charge in [-0.2, -0.15) is 0 Å². The van der Waals surface area contributed by atoms with Crippen molar-refractivity contribution in [3.05, 3.63) is 24.3 Å². The second kappa shape index (κ2) is 7.04. The summed E-state index contributed by atoms with van der Waals surface area (Å²) in [5.41, 5.74) is 1.99. The minimum Gasteiger partial charge on any atom is -0.336 e. The Hall–Kier alpha value is -1.14. The molecule has 1 unspecified atom stereocenters. The van der Waals surface area contributed by atoms with Gasteiger partial charge in [0.2, 0.25) is 0 Å². The number of hydrogen-bond donors (Lipinski definition) is 0. The molecule has 0 aliphatic carbocycles. The molecule has 1 atom stereocenters. The lowest BCUT2D eigenvalue weighted by Crippen LogP contribution is -2.35. The molecule has 6 heteroatoms. The fourth-order valence-electron chi connectivity index (χ4n) is 2.35. The first kappa shape index (κ1) is 15.3. The Balaban J connectivity index is 2.44. The average Bonchev–Trinajstić information content (AvgIpc) is 2.90. The largest absolute Gasteiger partial charge is 0.336 e. The second-order valence-corrected chi connectivity index (χ2v) is 5.99. The number of para-hydroxylation sites is 1. The molecule has 0 amide bonds. The van der Waals surface area contributed by atoms with E-state index in [2.05, 4.69) is 35.1 Å². The van der Waals surface area contributed by atoms with Crippen LogP contribution in [0, 0.1) is 0 Å². The van der Waals surface area contributed by atoms with Gasteiger partial charge in [-0.1, -0.05) is 42.9 Å². The van der Waals surface area contributed by atoms with Crippen molar-refractivity contribution in [1.82, 2.24) is 19.9 Å². The quantitative estimate of drug-likeness (QED) is 0.787. The summed E-state index contributed by atoms with van der Waals surface area (Å²) in [7, 11) is 0. The Labute approximate surface area is 129 Å². The Bertz CT molecular complexity index is 581. The van der Waals surface area contributed by atoms with Gasteiger partial charge in [0.05, 0.1) is 5.52 Å². The Morgan fingerprint density at radius 1 is 1.40 bits per heavy atom. The van der Waals surface area contributed by atoms with Gasteiger partial charge in [0, 0.05) is 6.54 Å². The van der Waals surface area contributed by atoms with Crippen LogP contribution in [0.4, 0.5) is 0 Å². The number of thioether (sulfide) groups is 1. The molecule has 0 N–H and O–H groups in total. The molecular weight excluding hydrogens is 288 g/mol. The van der Waals surface area contributed by atoms with E-state index in [0.717, 1.165) is 34.7 Å². The van der Waals surface area contributed by atoms with Crippen LogP contribution in [0.2, 0.25) is 0 Å². The molecule has 0 spiro atoms. The molecule has 1 aromatic heterocycles. The molecule has 0 radical (unpaired) electrons. The van der Waals surface area contributed by atoms with Crippen LogP contribution in [0.25, 0.3) is 11.0 Å². The van der Waals surface area contributed by atoms with Crippen LogP contribution in [0.3, 0.4) is 0 Å². The van der Waals surface area contributed by atoms with Crippen molar-refractivity contribution in [3.63, 3.8) is 0 Å². The third-order valence-electron chi connectivity index (χ3n) is 3.32. The molecule has 0 fully saturated rings. The van der Waals surface area contributed by atoms with Gasteiger partial charge in [-0.15, -0.1) is 16.9 Å². The number of hydrogen-bond acceptors (Lipinski definition) is 4. The monoisotopic (exact) mass is 308 g/mol. The summed E-state index contributed by atoms with van der Waals surface area (Å²) in [5, 5.41) is 8.62. The summed E-state index contributed by atoms with van der Waals surface area (Å²) < 4.78 is 2.91. The van der Waals surface area contributed by atoms with Crippen molar-refractivity contribution < 1.29 is 0 Å². The number of thiocarbonyl (C=S) groups is 1. The molecule has 0 aliphatic heterocycles. The molecule has 0 aliphatic rings. The molecule has 0 saturated heterocycles. The zero-order chi connectivity index (χ0) is 14.5. The topological polar surface area (TPSA) is 34.0 Å². The first-order chi connectivity index (χ1) is 9.72. The fraction of sp³-hybridized carbons (Fsp3) is 0.500. The van der Waals surface area contributed by atoms with E-state index in [4.69, 9.17) is 12.2 Å². The van der Waals surface area contributed by atoms with Crippen LogP contribution in [0.1, 0.15) is 32.9 Å².